The largest absolute Gasteiger partial charge is 0.274 e. The Bertz CT molecular complexity index is 591. The van der Waals surface area contributed by atoms with Gasteiger partial charge in [0, 0.05) is 13.0 Å². The number of hydrogen-bond donors (Lipinski definition) is 1. The molecule has 1 atom stereocenters. The van der Waals surface area contributed by atoms with Gasteiger partial charge in [-0.2, -0.15) is 0 Å². The van der Waals surface area contributed by atoms with E-state index in [0.717, 1.165) is 0 Å². The zero-order valence-corrected chi connectivity index (χ0v) is 10.7. The van der Waals surface area contributed by atoms with Crippen molar-refractivity contribution in [3.63, 3.8) is 0 Å². The van der Waals surface area contributed by atoms with E-state index >= 15 is 0 Å². The SMILES string of the molecule is O=C1c2ccccc2C(=O)N1CCC1=NC(S)N=N1. The van der Waals surface area contributed by atoms with Crippen molar-refractivity contribution in [3.8, 4) is 0 Å². The molecule has 1 aromatic carbocycles. The van der Waals surface area contributed by atoms with E-state index in [1.54, 1.807) is 24.3 Å². The number of thiol groups is 1. The van der Waals surface area contributed by atoms with Crippen LogP contribution in [-0.2, 0) is 0 Å². The molecule has 7 heteroatoms. The fraction of sp³-hybridized carbons (Fsp3) is 0.250. The van der Waals surface area contributed by atoms with Gasteiger partial charge in [0.15, 0.2) is 5.84 Å². The molecule has 2 aliphatic heterocycles. The molecule has 0 fully saturated rings. The van der Waals surface area contributed by atoms with Crippen molar-refractivity contribution < 1.29 is 9.59 Å². The molecular weight excluding hydrogens is 264 g/mol. The molecule has 2 amide bonds. The van der Waals surface area contributed by atoms with Crippen molar-refractivity contribution in [2.75, 3.05) is 6.54 Å². The Morgan fingerprint density at radius 1 is 1.16 bits per heavy atom. The van der Waals surface area contributed by atoms with E-state index in [9.17, 15) is 9.59 Å². The number of carbonyl (C=O) groups is 2. The van der Waals surface area contributed by atoms with Crippen molar-refractivity contribution in [1.82, 2.24) is 4.90 Å². The highest BCUT2D eigenvalue weighted by Crippen LogP contribution is 2.23. The average Bonchev–Trinajstić information content (AvgIpc) is 2.93. The summed E-state index contributed by atoms with van der Waals surface area (Å²) in [5.41, 5.74) is 0.446. The van der Waals surface area contributed by atoms with Crippen molar-refractivity contribution in [3.05, 3.63) is 35.4 Å². The van der Waals surface area contributed by atoms with Crippen molar-refractivity contribution in [2.45, 2.75) is 11.9 Å². The van der Waals surface area contributed by atoms with Crippen LogP contribution in [0.2, 0.25) is 0 Å². The number of nitrogens with zero attached hydrogens (tertiary/aromatic N) is 4. The first-order valence-corrected chi connectivity index (χ1v) is 6.29. The lowest BCUT2D eigenvalue weighted by atomic mass is 10.1. The maximum Gasteiger partial charge on any atom is 0.261 e. The second-order valence-electron chi connectivity index (χ2n) is 4.16. The molecule has 0 radical (unpaired) electrons. The van der Waals surface area contributed by atoms with E-state index in [1.807, 2.05) is 0 Å². The van der Waals surface area contributed by atoms with Crippen LogP contribution in [0.1, 0.15) is 27.1 Å². The first-order valence-electron chi connectivity index (χ1n) is 5.77. The minimum atomic E-state index is -0.461. The van der Waals surface area contributed by atoms with Crippen LogP contribution in [0.4, 0.5) is 0 Å². The molecule has 0 saturated carbocycles. The lowest BCUT2D eigenvalue weighted by molar-refractivity contribution is 0.0658. The van der Waals surface area contributed by atoms with Crippen molar-refractivity contribution >= 4 is 30.3 Å². The van der Waals surface area contributed by atoms with E-state index in [2.05, 4.69) is 27.8 Å². The van der Waals surface area contributed by atoms with E-state index in [-0.39, 0.29) is 18.4 Å². The van der Waals surface area contributed by atoms with Crippen LogP contribution >= 0.6 is 12.6 Å². The van der Waals surface area contributed by atoms with E-state index in [0.29, 0.717) is 23.4 Å². The van der Waals surface area contributed by atoms with Gasteiger partial charge in [0.2, 0.25) is 5.50 Å². The summed E-state index contributed by atoms with van der Waals surface area (Å²) in [6.45, 7) is 0.255. The summed E-state index contributed by atoms with van der Waals surface area (Å²) in [5.74, 6) is -0.0197. The highest BCUT2D eigenvalue weighted by atomic mass is 32.1. The Labute approximate surface area is 114 Å². The molecule has 0 N–H and O–H groups in total. The molecule has 1 unspecified atom stereocenters. The molecule has 0 bridgehead atoms. The number of benzene rings is 1. The summed E-state index contributed by atoms with van der Waals surface area (Å²) in [4.78, 5) is 29.4. The minimum Gasteiger partial charge on any atom is -0.274 e. The van der Waals surface area contributed by atoms with Crippen LogP contribution in [0.15, 0.2) is 39.5 Å². The predicted octanol–water partition coefficient (Wildman–Crippen LogP) is 1.75. The highest BCUT2D eigenvalue weighted by Gasteiger charge is 2.34. The van der Waals surface area contributed by atoms with Gasteiger partial charge in [0.25, 0.3) is 11.8 Å². The molecule has 2 heterocycles. The molecule has 2 aliphatic rings. The number of amides is 2. The standard InChI is InChI=1S/C12H10N4O2S/c17-10-7-3-1-2-4-8(7)11(18)16(10)6-5-9-13-12(19)15-14-9/h1-4,12,19H,5-6H2. The Morgan fingerprint density at radius 3 is 2.32 bits per heavy atom. The monoisotopic (exact) mass is 274 g/mol. The van der Waals surface area contributed by atoms with Crippen LogP contribution in [0, 0.1) is 0 Å². The summed E-state index contributed by atoms with van der Waals surface area (Å²) < 4.78 is 0. The summed E-state index contributed by atoms with van der Waals surface area (Å²) in [5, 5.41) is 7.56. The molecule has 96 valence electrons. The van der Waals surface area contributed by atoms with Crippen LogP contribution in [0.25, 0.3) is 0 Å². The Kier molecular flexibility index (Phi) is 2.90. The Morgan fingerprint density at radius 2 is 1.79 bits per heavy atom. The normalized spacial score (nSPS) is 21.0. The number of fused-ring (bicyclic) bond motifs is 1. The summed E-state index contributed by atoms with van der Waals surface area (Å²) in [7, 11) is 0. The number of hydrogen-bond acceptors (Lipinski definition) is 6. The van der Waals surface area contributed by atoms with Crippen molar-refractivity contribution in [1.29, 1.82) is 0 Å². The fourth-order valence-electron chi connectivity index (χ4n) is 2.07. The van der Waals surface area contributed by atoms with Gasteiger partial charge in [-0.1, -0.05) is 12.1 Å². The molecule has 0 spiro atoms. The van der Waals surface area contributed by atoms with Gasteiger partial charge in [0.1, 0.15) is 0 Å². The highest BCUT2D eigenvalue weighted by molar-refractivity contribution is 7.80. The zero-order chi connectivity index (χ0) is 13.4. The topological polar surface area (TPSA) is 74.5 Å². The third kappa shape index (κ3) is 2.06. The lowest BCUT2D eigenvalue weighted by Gasteiger charge is -2.12. The van der Waals surface area contributed by atoms with E-state index in [4.69, 9.17) is 0 Å². The molecule has 0 aliphatic carbocycles. The molecule has 3 rings (SSSR count). The van der Waals surface area contributed by atoms with Crippen LogP contribution in [-0.4, -0.2) is 34.6 Å². The van der Waals surface area contributed by atoms with Gasteiger partial charge in [0.05, 0.1) is 11.1 Å². The molecule has 6 nitrogen and oxygen atoms in total. The molecule has 1 aromatic rings. The number of amidine groups is 1. The minimum absolute atomic E-state index is 0.255. The first-order chi connectivity index (χ1) is 9.16. The average molecular weight is 274 g/mol. The quantitative estimate of drug-likeness (QED) is 0.673. The van der Waals surface area contributed by atoms with Crippen LogP contribution in [0.5, 0.6) is 0 Å². The Balaban J connectivity index is 1.74. The molecular formula is C12H10N4O2S. The molecule has 0 aromatic heterocycles. The lowest BCUT2D eigenvalue weighted by Crippen LogP contribution is -2.31. The van der Waals surface area contributed by atoms with Crippen LogP contribution < -0.4 is 0 Å². The summed E-state index contributed by atoms with van der Waals surface area (Å²) in [6, 6.07) is 6.81. The number of carbonyl (C=O) groups excluding carboxylic acids is 2. The number of rotatable bonds is 3. The molecule has 19 heavy (non-hydrogen) atoms. The summed E-state index contributed by atoms with van der Waals surface area (Å²) in [6.07, 6.45) is 0.395. The second-order valence-corrected chi connectivity index (χ2v) is 4.63. The van der Waals surface area contributed by atoms with Gasteiger partial charge in [-0.05, 0) is 12.1 Å². The van der Waals surface area contributed by atoms with E-state index < -0.39 is 5.50 Å². The maximum atomic E-state index is 12.1. The number of imide groups is 1. The first kappa shape index (κ1) is 12.0. The fourth-order valence-corrected chi connectivity index (χ4v) is 2.26. The zero-order valence-electron chi connectivity index (χ0n) is 9.85. The maximum absolute atomic E-state index is 12.1. The van der Waals surface area contributed by atoms with Crippen molar-refractivity contribution in [2.24, 2.45) is 15.2 Å². The Hall–Kier alpha value is -2.02. The third-order valence-corrected chi connectivity index (χ3v) is 3.20. The van der Waals surface area contributed by atoms with Gasteiger partial charge < -0.3 is 0 Å². The predicted molar refractivity (Wildman–Crippen MR) is 71.5 cm³/mol. The van der Waals surface area contributed by atoms with Gasteiger partial charge in [-0.3, -0.25) is 14.5 Å². The molecule has 0 saturated heterocycles. The number of aliphatic imine (C=N–C) groups is 1. The number of azo groups is 1. The van der Waals surface area contributed by atoms with Crippen LogP contribution in [0.3, 0.4) is 0 Å². The third-order valence-electron chi connectivity index (χ3n) is 2.98. The van der Waals surface area contributed by atoms with E-state index in [1.165, 1.54) is 4.90 Å². The summed E-state index contributed by atoms with van der Waals surface area (Å²) >= 11 is 4.03. The van der Waals surface area contributed by atoms with Gasteiger partial charge in [-0.15, -0.1) is 22.9 Å². The van der Waals surface area contributed by atoms with Gasteiger partial charge in [-0.25, -0.2) is 4.99 Å². The smallest absolute Gasteiger partial charge is 0.261 e. The second kappa shape index (κ2) is 4.58. The van der Waals surface area contributed by atoms with Gasteiger partial charge >= 0.3 is 0 Å².